The number of carbonyl (C=O) groups is 2. The number of aromatic amines is 1. The number of methoxy groups -OCH3 is 2. The molecule has 0 spiro atoms. The minimum absolute atomic E-state index is 0.181. The number of para-hydroxylation sites is 1. The zero-order valence-corrected chi connectivity index (χ0v) is 15.1. The molecular weight excluding hydrogens is 354 g/mol. The molecule has 0 aliphatic heterocycles. The second kappa shape index (κ2) is 7.83. The maximum atomic E-state index is 12.3. The fourth-order valence-corrected chi connectivity index (χ4v) is 3.16. The summed E-state index contributed by atoms with van der Waals surface area (Å²) in [5, 5.41) is 5.08. The molecule has 2 heterocycles. The van der Waals surface area contributed by atoms with Gasteiger partial charge < -0.3 is 19.8 Å². The van der Waals surface area contributed by atoms with Crippen molar-refractivity contribution in [3.63, 3.8) is 0 Å². The number of amides is 1. The molecule has 0 aliphatic rings. The van der Waals surface area contributed by atoms with Crippen LogP contribution in [0.25, 0.3) is 11.3 Å². The molecule has 0 bridgehead atoms. The summed E-state index contributed by atoms with van der Waals surface area (Å²) in [6, 6.07) is 9.03. The van der Waals surface area contributed by atoms with Crippen molar-refractivity contribution in [1.29, 1.82) is 0 Å². The van der Waals surface area contributed by atoms with Crippen LogP contribution in [0, 0.1) is 0 Å². The molecule has 0 saturated heterocycles. The van der Waals surface area contributed by atoms with Crippen molar-refractivity contribution in [2.24, 2.45) is 0 Å². The maximum absolute atomic E-state index is 12.3. The van der Waals surface area contributed by atoms with Crippen LogP contribution >= 0.6 is 11.3 Å². The number of ether oxygens (including phenoxy) is 2. The van der Waals surface area contributed by atoms with Gasteiger partial charge in [0.1, 0.15) is 11.4 Å². The molecular formula is C18H17N3O4S. The summed E-state index contributed by atoms with van der Waals surface area (Å²) in [5.74, 6) is 0.0432. The van der Waals surface area contributed by atoms with Crippen molar-refractivity contribution in [3.8, 4) is 17.0 Å². The van der Waals surface area contributed by atoms with Crippen LogP contribution < -0.4 is 10.1 Å². The highest BCUT2D eigenvalue weighted by atomic mass is 32.1. The Bertz CT molecular complexity index is 932. The van der Waals surface area contributed by atoms with Crippen molar-refractivity contribution < 1.29 is 19.1 Å². The average Bonchev–Trinajstić information content (AvgIpc) is 3.30. The number of thiazole rings is 1. The van der Waals surface area contributed by atoms with Gasteiger partial charge in [0.15, 0.2) is 5.13 Å². The summed E-state index contributed by atoms with van der Waals surface area (Å²) in [6.07, 6.45) is 1.86. The fraction of sp³-hybridized carbons (Fsp3) is 0.167. The van der Waals surface area contributed by atoms with Crippen LogP contribution in [0.2, 0.25) is 0 Å². The second-order valence-electron chi connectivity index (χ2n) is 5.37. The molecule has 3 aromatic rings. The smallest absolute Gasteiger partial charge is 0.354 e. The normalized spacial score (nSPS) is 10.4. The van der Waals surface area contributed by atoms with Crippen LogP contribution in [0.3, 0.4) is 0 Å². The van der Waals surface area contributed by atoms with E-state index in [9.17, 15) is 9.59 Å². The average molecular weight is 371 g/mol. The number of anilines is 1. The summed E-state index contributed by atoms with van der Waals surface area (Å²) in [4.78, 5) is 31.0. The molecule has 0 aliphatic carbocycles. The van der Waals surface area contributed by atoms with Crippen molar-refractivity contribution in [2.45, 2.75) is 6.42 Å². The Morgan fingerprint density at radius 2 is 2.08 bits per heavy atom. The zero-order chi connectivity index (χ0) is 18.5. The first-order chi connectivity index (χ1) is 12.6. The van der Waals surface area contributed by atoms with Gasteiger partial charge in [0.05, 0.1) is 26.3 Å². The second-order valence-corrected chi connectivity index (χ2v) is 6.23. The van der Waals surface area contributed by atoms with E-state index in [1.165, 1.54) is 18.4 Å². The van der Waals surface area contributed by atoms with Crippen molar-refractivity contribution in [1.82, 2.24) is 9.97 Å². The third-order valence-corrected chi connectivity index (χ3v) is 4.44. The van der Waals surface area contributed by atoms with Crippen LogP contribution in [-0.2, 0) is 16.0 Å². The van der Waals surface area contributed by atoms with E-state index in [1.807, 2.05) is 29.6 Å². The number of aromatic nitrogens is 2. The van der Waals surface area contributed by atoms with Gasteiger partial charge in [-0.1, -0.05) is 18.2 Å². The van der Waals surface area contributed by atoms with E-state index >= 15 is 0 Å². The van der Waals surface area contributed by atoms with Crippen molar-refractivity contribution in [3.05, 3.63) is 53.2 Å². The molecule has 2 N–H and O–H groups in total. The monoisotopic (exact) mass is 371 g/mol. The van der Waals surface area contributed by atoms with Gasteiger partial charge in [-0.15, -0.1) is 11.3 Å². The predicted molar refractivity (Wildman–Crippen MR) is 98.6 cm³/mol. The highest BCUT2D eigenvalue weighted by Gasteiger charge is 2.14. The third kappa shape index (κ3) is 3.92. The summed E-state index contributed by atoms with van der Waals surface area (Å²) >= 11 is 1.31. The van der Waals surface area contributed by atoms with E-state index in [0.717, 1.165) is 11.1 Å². The Morgan fingerprint density at radius 1 is 1.27 bits per heavy atom. The summed E-state index contributed by atoms with van der Waals surface area (Å²) in [7, 11) is 2.89. The number of carbonyl (C=O) groups excluding carboxylic acids is 2. The predicted octanol–water partition coefficient (Wildman–Crippen LogP) is 3.11. The van der Waals surface area contributed by atoms with Crippen molar-refractivity contribution in [2.75, 3.05) is 19.5 Å². The Kier molecular flexibility index (Phi) is 5.33. The first-order valence-electron chi connectivity index (χ1n) is 7.75. The Balaban J connectivity index is 1.67. The molecule has 7 nitrogen and oxygen atoms in total. The van der Waals surface area contributed by atoms with E-state index in [4.69, 9.17) is 4.74 Å². The van der Waals surface area contributed by atoms with E-state index in [2.05, 4.69) is 20.0 Å². The van der Waals surface area contributed by atoms with Gasteiger partial charge in [0.25, 0.3) is 0 Å². The Hall–Kier alpha value is -3.13. The molecule has 26 heavy (non-hydrogen) atoms. The Morgan fingerprint density at radius 3 is 2.85 bits per heavy atom. The standard InChI is InChI=1S/C18H17N3O4S/c1-24-15-6-4-3-5-11(15)8-16(22)21-18-20-14(10-26-18)12-7-13(19-9-12)17(23)25-2/h3-7,9-10,19H,8H2,1-2H3,(H,20,21,22). The van der Waals surface area contributed by atoms with Gasteiger partial charge in [-0.05, 0) is 12.1 Å². The zero-order valence-electron chi connectivity index (χ0n) is 14.2. The summed E-state index contributed by atoms with van der Waals surface area (Å²) < 4.78 is 9.92. The van der Waals surface area contributed by atoms with E-state index in [-0.39, 0.29) is 12.3 Å². The van der Waals surface area contributed by atoms with Gasteiger partial charge in [0.2, 0.25) is 5.91 Å². The van der Waals surface area contributed by atoms with Crippen LogP contribution in [-0.4, -0.2) is 36.1 Å². The van der Waals surface area contributed by atoms with Gasteiger partial charge in [-0.3, -0.25) is 4.79 Å². The van der Waals surface area contributed by atoms with Gasteiger partial charge in [-0.2, -0.15) is 0 Å². The lowest BCUT2D eigenvalue weighted by atomic mass is 10.1. The van der Waals surface area contributed by atoms with Crippen LogP contribution in [0.5, 0.6) is 5.75 Å². The number of benzene rings is 1. The minimum Gasteiger partial charge on any atom is -0.496 e. The number of hydrogen-bond acceptors (Lipinski definition) is 6. The summed E-state index contributed by atoms with van der Waals surface area (Å²) in [5.41, 5.74) is 2.55. The lowest BCUT2D eigenvalue weighted by molar-refractivity contribution is -0.115. The lowest BCUT2D eigenvalue weighted by Gasteiger charge is -2.07. The molecule has 1 aromatic carbocycles. The molecule has 3 rings (SSSR count). The third-order valence-electron chi connectivity index (χ3n) is 3.68. The van der Waals surface area contributed by atoms with Crippen LogP contribution in [0.4, 0.5) is 5.13 Å². The molecule has 0 unspecified atom stereocenters. The largest absolute Gasteiger partial charge is 0.496 e. The van der Waals surface area contributed by atoms with Gasteiger partial charge >= 0.3 is 5.97 Å². The topological polar surface area (TPSA) is 93.3 Å². The molecule has 0 fully saturated rings. The SMILES string of the molecule is COC(=O)c1cc(-c2csc(NC(=O)Cc3ccccc3OC)n2)c[nH]1. The summed E-state index contributed by atoms with van der Waals surface area (Å²) in [6.45, 7) is 0. The molecule has 8 heteroatoms. The molecule has 0 radical (unpaired) electrons. The highest BCUT2D eigenvalue weighted by Crippen LogP contribution is 2.26. The van der Waals surface area contributed by atoms with Crippen molar-refractivity contribution >= 4 is 28.3 Å². The van der Waals surface area contributed by atoms with Crippen LogP contribution in [0.15, 0.2) is 41.9 Å². The maximum Gasteiger partial charge on any atom is 0.354 e. The number of hydrogen-bond donors (Lipinski definition) is 2. The van der Waals surface area contributed by atoms with E-state index in [0.29, 0.717) is 22.3 Å². The number of H-pyrrole nitrogens is 1. The van der Waals surface area contributed by atoms with E-state index < -0.39 is 5.97 Å². The van der Waals surface area contributed by atoms with Crippen LogP contribution in [0.1, 0.15) is 16.1 Å². The minimum atomic E-state index is -0.447. The quantitative estimate of drug-likeness (QED) is 0.650. The highest BCUT2D eigenvalue weighted by molar-refractivity contribution is 7.14. The first-order valence-corrected chi connectivity index (χ1v) is 8.63. The Labute approximate surface area is 154 Å². The molecule has 134 valence electrons. The molecule has 1 amide bonds. The first kappa shape index (κ1) is 17.7. The number of esters is 1. The van der Waals surface area contributed by atoms with Gasteiger partial charge in [0, 0.05) is 22.7 Å². The molecule has 2 aromatic heterocycles. The number of rotatable bonds is 6. The van der Waals surface area contributed by atoms with E-state index in [1.54, 1.807) is 19.4 Å². The number of nitrogens with one attached hydrogen (secondary N) is 2. The molecule has 0 atom stereocenters. The molecule has 0 saturated carbocycles. The van der Waals surface area contributed by atoms with Gasteiger partial charge in [-0.25, -0.2) is 9.78 Å². The lowest BCUT2D eigenvalue weighted by Crippen LogP contribution is -2.14. The fourth-order valence-electron chi connectivity index (χ4n) is 2.42. The number of nitrogens with zero attached hydrogens (tertiary/aromatic N) is 1.